The van der Waals surface area contributed by atoms with Crippen LogP contribution in [0.5, 0.6) is 0 Å². The van der Waals surface area contributed by atoms with E-state index in [1.807, 2.05) is 0 Å². The molecule has 1 aromatic carbocycles. The first-order valence-corrected chi connectivity index (χ1v) is 8.96. The highest BCUT2D eigenvalue weighted by Crippen LogP contribution is 2.30. The zero-order chi connectivity index (χ0) is 22.9. The molecule has 0 spiro atoms. The average Bonchev–Trinajstić information content (AvgIpc) is 2.63. The molecular weight excluding hydrogens is 525 g/mol. The summed E-state index contributed by atoms with van der Waals surface area (Å²) >= 11 is 4.52. The number of isothiocyanates is 1. The minimum Gasteiger partial charge on any atom is -0.480 e. The molecule has 1 aromatic rings. The van der Waals surface area contributed by atoms with Crippen molar-refractivity contribution in [2.45, 2.75) is 12.5 Å². The summed E-state index contributed by atoms with van der Waals surface area (Å²) in [5.74, 6) is -5.17. The number of aliphatic imine (C=N–C) groups is 1. The number of thiocarbonyl (C=S) groups is 1. The molecule has 33 heavy (non-hydrogen) atoms. The summed E-state index contributed by atoms with van der Waals surface area (Å²) in [7, 11) is 0. The van der Waals surface area contributed by atoms with Crippen molar-refractivity contribution in [3.8, 4) is 0 Å². The molecule has 0 bridgehead atoms. The van der Waals surface area contributed by atoms with E-state index < -0.39 is 49.1 Å². The molecule has 186 valence electrons. The lowest BCUT2D eigenvalue weighted by atomic mass is 9.89. The van der Waals surface area contributed by atoms with Gasteiger partial charge >= 0.3 is 23.9 Å². The predicted octanol–water partition coefficient (Wildman–Crippen LogP) is 1.84. The van der Waals surface area contributed by atoms with Gasteiger partial charge in [0.2, 0.25) is 0 Å². The second kappa shape index (κ2) is 16.3. The van der Waals surface area contributed by atoms with E-state index >= 15 is 0 Å². The van der Waals surface area contributed by atoms with Crippen molar-refractivity contribution in [1.82, 2.24) is 9.80 Å². The number of halogens is 3. The van der Waals surface area contributed by atoms with E-state index in [2.05, 4.69) is 22.4 Å². The Kier molecular flexibility index (Phi) is 17.5. The van der Waals surface area contributed by atoms with Gasteiger partial charge in [0.1, 0.15) is 5.54 Å². The van der Waals surface area contributed by atoms with Gasteiger partial charge in [-0.25, -0.2) is 4.79 Å². The van der Waals surface area contributed by atoms with Gasteiger partial charge < -0.3 is 20.4 Å². The largest absolute Gasteiger partial charge is 0.480 e. The van der Waals surface area contributed by atoms with Gasteiger partial charge in [-0.1, -0.05) is 12.1 Å². The fourth-order valence-corrected chi connectivity index (χ4v) is 2.94. The topological polar surface area (TPSA) is 168 Å². The van der Waals surface area contributed by atoms with Crippen LogP contribution < -0.4 is 0 Å². The average molecular weight is 549 g/mol. The van der Waals surface area contributed by atoms with E-state index in [0.717, 1.165) is 9.80 Å². The van der Waals surface area contributed by atoms with Gasteiger partial charge in [0.25, 0.3) is 0 Å². The quantitative estimate of drug-likeness (QED) is 0.210. The Bertz CT molecular complexity index is 852. The molecule has 0 heterocycles. The van der Waals surface area contributed by atoms with Crippen molar-refractivity contribution >= 4 is 84.2 Å². The maximum atomic E-state index is 12.2. The number of carboxylic acid groups (broad SMARTS) is 4. The summed E-state index contributed by atoms with van der Waals surface area (Å²) in [6, 6.07) is 5.91. The van der Waals surface area contributed by atoms with Crippen LogP contribution in [-0.2, 0) is 24.7 Å². The Morgan fingerprint density at radius 1 is 0.879 bits per heavy atom. The third-order valence-corrected chi connectivity index (χ3v) is 4.47. The Morgan fingerprint density at radius 2 is 1.33 bits per heavy atom. The third kappa shape index (κ3) is 10.9. The molecule has 0 amide bonds. The summed E-state index contributed by atoms with van der Waals surface area (Å²) in [5.41, 5.74) is -1.11. The van der Waals surface area contributed by atoms with E-state index in [9.17, 15) is 29.4 Å². The minimum absolute atomic E-state index is 0. The molecule has 4 N–H and O–H groups in total. The first kappa shape index (κ1) is 35.3. The van der Waals surface area contributed by atoms with E-state index in [1.54, 1.807) is 0 Å². The van der Waals surface area contributed by atoms with E-state index in [-0.39, 0.29) is 55.9 Å². The lowest BCUT2D eigenvalue weighted by molar-refractivity contribution is -0.155. The lowest BCUT2D eigenvalue weighted by Crippen LogP contribution is -2.54. The highest BCUT2D eigenvalue weighted by atomic mass is 35.5. The number of nitrogens with zero attached hydrogens (tertiary/aromatic N) is 3. The van der Waals surface area contributed by atoms with Crippen molar-refractivity contribution in [1.29, 1.82) is 0 Å². The van der Waals surface area contributed by atoms with Crippen LogP contribution in [0.2, 0.25) is 0 Å². The van der Waals surface area contributed by atoms with Crippen LogP contribution in [0.1, 0.15) is 12.5 Å². The first-order chi connectivity index (χ1) is 14.0. The predicted molar refractivity (Wildman–Crippen MR) is 129 cm³/mol. The lowest BCUT2D eigenvalue weighted by Gasteiger charge is -2.38. The zero-order valence-electron chi connectivity index (χ0n) is 17.2. The van der Waals surface area contributed by atoms with Gasteiger partial charge in [-0.15, -0.1) is 37.2 Å². The van der Waals surface area contributed by atoms with Crippen LogP contribution in [0.25, 0.3) is 0 Å². The summed E-state index contributed by atoms with van der Waals surface area (Å²) in [4.78, 5) is 51.5. The highest BCUT2D eigenvalue weighted by molar-refractivity contribution is 7.78. The molecule has 0 fully saturated rings. The van der Waals surface area contributed by atoms with Gasteiger partial charge in [-0.2, -0.15) is 4.99 Å². The maximum Gasteiger partial charge on any atom is 0.328 e. The summed E-state index contributed by atoms with van der Waals surface area (Å²) in [5, 5.41) is 39.3. The fourth-order valence-electron chi connectivity index (χ4n) is 2.84. The molecule has 0 aliphatic rings. The molecule has 0 aromatic heterocycles. The molecule has 0 aliphatic heterocycles. The molecule has 15 heteroatoms. The van der Waals surface area contributed by atoms with Crippen LogP contribution in [0.15, 0.2) is 29.3 Å². The monoisotopic (exact) mass is 547 g/mol. The number of carbonyl (C=O) groups is 4. The van der Waals surface area contributed by atoms with Gasteiger partial charge in [-0.3, -0.25) is 24.2 Å². The van der Waals surface area contributed by atoms with Gasteiger partial charge in [0.05, 0.1) is 30.5 Å². The minimum atomic E-state index is -1.80. The molecular formula is C18H24Cl3N3O8S. The first-order valence-electron chi connectivity index (χ1n) is 8.55. The molecule has 0 aliphatic carbocycles. The van der Waals surface area contributed by atoms with Gasteiger partial charge in [0.15, 0.2) is 0 Å². The number of hydrogen-bond acceptors (Lipinski definition) is 8. The number of rotatable bonds is 13. The number of hydrogen-bond donors (Lipinski definition) is 4. The Morgan fingerprint density at radius 3 is 1.70 bits per heavy atom. The SMILES string of the molecule is CC(C(=O)O)(c1ccc(N=C=S)cc1)N(CCN(CC(=O)O)CC(=O)O)CC(=O)O.Cl.Cl.Cl. The fraction of sp³-hybridized carbons (Fsp3) is 0.389. The number of benzene rings is 1. The van der Waals surface area contributed by atoms with Crippen LogP contribution >= 0.6 is 49.4 Å². The molecule has 11 nitrogen and oxygen atoms in total. The van der Waals surface area contributed by atoms with Crippen LogP contribution in [0.3, 0.4) is 0 Å². The summed E-state index contributed by atoms with van der Waals surface area (Å²) < 4.78 is 0. The maximum absolute atomic E-state index is 12.2. The van der Waals surface area contributed by atoms with Crippen molar-refractivity contribution < 1.29 is 39.6 Å². The van der Waals surface area contributed by atoms with Crippen LogP contribution in [0.4, 0.5) is 5.69 Å². The standard InChI is InChI=1S/C18H21N3O8S.3ClH/c1-18(17(28)29,12-2-4-13(5-3-12)19-11-30)21(10-16(26)27)7-6-20(8-14(22)23)9-15(24)25;;;/h2-5H,6-10H2,1H3,(H,22,23)(H,24,25)(H,26,27)(H,28,29);3*1H. The van der Waals surface area contributed by atoms with Crippen LogP contribution in [0, 0.1) is 0 Å². The molecule has 0 saturated carbocycles. The van der Waals surface area contributed by atoms with Crippen molar-refractivity contribution in [2.24, 2.45) is 4.99 Å². The third-order valence-electron chi connectivity index (χ3n) is 4.38. The van der Waals surface area contributed by atoms with E-state index in [0.29, 0.717) is 5.69 Å². The summed E-state index contributed by atoms with van der Waals surface area (Å²) in [6.07, 6.45) is 0. The number of carboxylic acids is 4. The van der Waals surface area contributed by atoms with Gasteiger partial charge in [0, 0.05) is 13.1 Å². The van der Waals surface area contributed by atoms with Crippen molar-refractivity contribution in [3.63, 3.8) is 0 Å². The molecule has 0 saturated heterocycles. The zero-order valence-corrected chi connectivity index (χ0v) is 20.5. The van der Waals surface area contributed by atoms with E-state index in [4.69, 9.17) is 10.2 Å². The van der Waals surface area contributed by atoms with Crippen molar-refractivity contribution in [2.75, 3.05) is 32.7 Å². The highest BCUT2D eigenvalue weighted by Gasteiger charge is 2.42. The second-order valence-electron chi connectivity index (χ2n) is 6.44. The number of aliphatic carboxylic acids is 4. The molecule has 0 radical (unpaired) electrons. The Labute approximate surface area is 213 Å². The van der Waals surface area contributed by atoms with E-state index in [1.165, 1.54) is 31.2 Å². The molecule has 1 rings (SSSR count). The second-order valence-corrected chi connectivity index (χ2v) is 6.62. The smallest absolute Gasteiger partial charge is 0.328 e. The Hall–Kier alpha value is -2.31. The van der Waals surface area contributed by atoms with Gasteiger partial charge in [-0.05, 0) is 36.8 Å². The molecule has 1 atom stereocenters. The van der Waals surface area contributed by atoms with Crippen LogP contribution in [-0.4, -0.2) is 92.0 Å². The molecule has 1 unspecified atom stereocenters. The van der Waals surface area contributed by atoms with Crippen molar-refractivity contribution in [3.05, 3.63) is 29.8 Å². The Balaban J connectivity index is -0.00000300. The normalized spacial score (nSPS) is 11.6. The summed E-state index contributed by atoms with van der Waals surface area (Å²) in [6.45, 7) is -0.939.